The highest BCUT2D eigenvalue weighted by atomic mass is 35.5. The molecule has 2 aromatic carbocycles. The van der Waals surface area contributed by atoms with Crippen LogP contribution in [0, 0.1) is 5.82 Å². The van der Waals surface area contributed by atoms with Crippen LogP contribution in [0.4, 0.5) is 34.8 Å². The van der Waals surface area contributed by atoms with Gasteiger partial charge in [-0.05, 0) is 50.2 Å². The van der Waals surface area contributed by atoms with Crippen LogP contribution in [0.15, 0.2) is 36.7 Å². The second kappa shape index (κ2) is 11.4. The van der Waals surface area contributed by atoms with Gasteiger partial charge < -0.3 is 25.8 Å². The number of alkyl halides is 3. The normalized spacial score (nSPS) is 14.1. The highest BCUT2D eigenvalue weighted by Gasteiger charge is 2.38. The second-order valence-electron chi connectivity index (χ2n) is 7.52. The molecule has 188 valence electrons. The highest BCUT2D eigenvalue weighted by molar-refractivity contribution is 6.31. The van der Waals surface area contributed by atoms with Crippen molar-refractivity contribution in [2.45, 2.75) is 25.1 Å². The summed E-state index contributed by atoms with van der Waals surface area (Å²) < 4.78 is 50.7. The maximum absolute atomic E-state index is 13.4. The van der Waals surface area contributed by atoms with E-state index in [1.54, 1.807) is 13.2 Å². The van der Waals surface area contributed by atoms with Gasteiger partial charge in [-0.2, -0.15) is 13.2 Å². The minimum absolute atomic E-state index is 0.0540. The molecule has 0 bridgehead atoms. The first-order chi connectivity index (χ1) is 16.6. The minimum atomic E-state index is -5.08. The molecule has 0 spiro atoms. The third-order valence-corrected chi connectivity index (χ3v) is 5.37. The Morgan fingerprint density at radius 1 is 1.20 bits per heavy atom. The number of aliphatic carboxylic acids is 1. The van der Waals surface area contributed by atoms with Gasteiger partial charge >= 0.3 is 12.1 Å². The van der Waals surface area contributed by atoms with Gasteiger partial charge in [0.15, 0.2) is 0 Å². The largest absolute Gasteiger partial charge is 0.495 e. The maximum Gasteiger partial charge on any atom is 0.490 e. The smallest absolute Gasteiger partial charge is 0.490 e. The molecule has 1 fully saturated rings. The summed E-state index contributed by atoms with van der Waals surface area (Å²) >= 11 is 5.89. The number of rotatable bonds is 5. The van der Waals surface area contributed by atoms with E-state index in [0.717, 1.165) is 48.3 Å². The number of fused-ring (bicyclic) bond motifs is 1. The number of aromatic nitrogens is 2. The number of carboxylic acids is 1. The molecule has 0 radical (unpaired) electrons. The van der Waals surface area contributed by atoms with E-state index in [9.17, 15) is 17.6 Å². The molecule has 13 heteroatoms. The lowest BCUT2D eigenvalue weighted by atomic mass is 10.1. The van der Waals surface area contributed by atoms with Gasteiger partial charge in [-0.25, -0.2) is 19.2 Å². The average Bonchev–Trinajstić information content (AvgIpc) is 2.82. The van der Waals surface area contributed by atoms with Gasteiger partial charge in [0, 0.05) is 23.2 Å². The van der Waals surface area contributed by atoms with Crippen LogP contribution in [-0.4, -0.2) is 53.5 Å². The number of nitrogens with zero attached hydrogens (tertiary/aromatic N) is 2. The molecule has 0 atom stereocenters. The van der Waals surface area contributed by atoms with Gasteiger partial charge in [0.1, 0.15) is 23.7 Å². The number of piperidine rings is 1. The number of halogens is 5. The van der Waals surface area contributed by atoms with Gasteiger partial charge in [0.05, 0.1) is 23.3 Å². The molecule has 35 heavy (non-hydrogen) atoms. The Balaban J connectivity index is 0.000000429. The van der Waals surface area contributed by atoms with Crippen LogP contribution in [0.3, 0.4) is 0 Å². The molecular formula is C22H22ClF4N5O3. The fourth-order valence-corrected chi connectivity index (χ4v) is 3.54. The Morgan fingerprint density at radius 3 is 2.49 bits per heavy atom. The fraction of sp³-hybridized carbons (Fsp3) is 0.318. The Kier molecular flexibility index (Phi) is 8.52. The lowest BCUT2D eigenvalue weighted by Gasteiger charge is -2.25. The predicted octanol–water partition coefficient (Wildman–Crippen LogP) is 4.97. The number of methoxy groups -OCH3 is 1. The number of hydrogen-bond donors (Lipinski definition) is 4. The standard InChI is InChI=1S/C20H21ClFN5O.C2HF3O2/c1-28-19-10-17-14(9-18(19)26-12-4-6-23-7-5-12)20(25-11-24-17)27-13-2-3-16(22)15(21)8-13;3-2(4,5)1(6)7/h2-3,8-12,23,26H,4-7H2,1H3,(H,24,25,27);(H,6,7). The number of carboxylic acid groups (broad SMARTS) is 1. The van der Waals surface area contributed by atoms with Crippen molar-refractivity contribution in [3.63, 3.8) is 0 Å². The molecule has 4 rings (SSSR count). The quantitative estimate of drug-likeness (QED) is 0.353. The predicted molar refractivity (Wildman–Crippen MR) is 124 cm³/mol. The van der Waals surface area contributed by atoms with Crippen LogP contribution in [0.25, 0.3) is 10.9 Å². The second-order valence-corrected chi connectivity index (χ2v) is 7.92. The first-order valence-corrected chi connectivity index (χ1v) is 10.8. The lowest BCUT2D eigenvalue weighted by molar-refractivity contribution is -0.192. The summed E-state index contributed by atoms with van der Waals surface area (Å²) in [5, 5.41) is 18.2. The van der Waals surface area contributed by atoms with Crippen molar-refractivity contribution >= 4 is 45.7 Å². The van der Waals surface area contributed by atoms with Crippen molar-refractivity contribution in [3.05, 3.63) is 47.5 Å². The summed E-state index contributed by atoms with van der Waals surface area (Å²) in [4.78, 5) is 17.6. The maximum atomic E-state index is 13.4. The molecular weight excluding hydrogens is 494 g/mol. The van der Waals surface area contributed by atoms with Crippen LogP contribution >= 0.6 is 11.6 Å². The first-order valence-electron chi connectivity index (χ1n) is 10.4. The molecule has 1 saturated heterocycles. The third kappa shape index (κ3) is 7.06. The van der Waals surface area contributed by atoms with Crippen molar-refractivity contribution in [1.29, 1.82) is 0 Å². The van der Waals surface area contributed by atoms with Crippen molar-refractivity contribution in [2.75, 3.05) is 30.8 Å². The van der Waals surface area contributed by atoms with Crippen molar-refractivity contribution in [1.82, 2.24) is 15.3 Å². The number of hydrogen-bond acceptors (Lipinski definition) is 7. The Bertz CT molecular complexity index is 1190. The number of carbonyl (C=O) groups is 1. The molecule has 0 amide bonds. The topological polar surface area (TPSA) is 108 Å². The molecule has 8 nitrogen and oxygen atoms in total. The van der Waals surface area contributed by atoms with E-state index in [4.69, 9.17) is 26.2 Å². The molecule has 0 saturated carbocycles. The number of benzene rings is 2. The summed E-state index contributed by atoms with van der Waals surface area (Å²) in [6, 6.07) is 8.73. The molecule has 4 N–H and O–H groups in total. The Hall–Kier alpha value is -3.38. The van der Waals surface area contributed by atoms with Crippen LogP contribution < -0.4 is 20.7 Å². The summed E-state index contributed by atoms with van der Waals surface area (Å²) in [7, 11) is 1.65. The lowest BCUT2D eigenvalue weighted by Crippen LogP contribution is -2.35. The zero-order valence-electron chi connectivity index (χ0n) is 18.4. The van der Waals surface area contributed by atoms with Gasteiger partial charge in [-0.1, -0.05) is 11.6 Å². The molecule has 2 heterocycles. The van der Waals surface area contributed by atoms with E-state index in [-0.39, 0.29) is 5.02 Å². The Morgan fingerprint density at radius 2 is 1.89 bits per heavy atom. The third-order valence-electron chi connectivity index (χ3n) is 5.08. The molecule has 0 aliphatic carbocycles. The summed E-state index contributed by atoms with van der Waals surface area (Å²) in [5.74, 6) is -1.87. The molecule has 0 unspecified atom stereocenters. The van der Waals surface area contributed by atoms with Crippen LogP contribution in [0.2, 0.25) is 5.02 Å². The summed E-state index contributed by atoms with van der Waals surface area (Å²) in [5.41, 5.74) is 2.30. The molecule has 1 aromatic heterocycles. The number of anilines is 3. The number of nitrogens with one attached hydrogen (secondary N) is 3. The van der Waals surface area contributed by atoms with Crippen molar-refractivity contribution < 1.29 is 32.2 Å². The zero-order valence-corrected chi connectivity index (χ0v) is 19.2. The molecule has 3 aromatic rings. The minimum Gasteiger partial charge on any atom is -0.495 e. The SMILES string of the molecule is COc1cc2ncnc(Nc3ccc(F)c(Cl)c3)c2cc1NC1CCNCC1.O=C(O)C(F)(F)F. The fourth-order valence-electron chi connectivity index (χ4n) is 3.36. The van der Waals surface area contributed by atoms with E-state index < -0.39 is 18.0 Å². The molecule has 1 aliphatic rings. The van der Waals surface area contributed by atoms with Gasteiger partial charge in [-0.15, -0.1) is 0 Å². The van der Waals surface area contributed by atoms with E-state index in [0.29, 0.717) is 17.5 Å². The van der Waals surface area contributed by atoms with E-state index in [2.05, 4.69) is 25.9 Å². The van der Waals surface area contributed by atoms with E-state index in [1.165, 1.54) is 18.5 Å². The van der Waals surface area contributed by atoms with Crippen LogP contribution in [-0.2, 0) is 4.79 Å². The summed E-state index contributed by atoms with van der Waals surface area (Å²) in [6.45, 7) is 1.99. The van der Waals surface area contributed by atoms with Gasteiger partial charge in [0.25, 0.3) is 0 Å². The average molecular weight is 516 g/mol. The van der Waals surface area contributed by atoms with Crippen molar-refractivity contribution in [3.8, 4) is 5.75 Å². The monoisotopic (exact) mass is 515 g/mol. The van der Waals surface area contributed by atoms with Gasteiger partial charge in [0.2, 0.25) is 0 Å². The Labute approximate surface area is 202 Å². The van der Waals surface area contributed by atoms with Crippen LogP contribution in [0.1, 0.15) is 12.8 Å². The molecule has 1 aliphatic heterocycles. The van der Waals surface area contributed by atoms with E-state index in [1.807, 2.05) is 12.1 Å². The summed E-state index contributed by atoms with van der Waals surface area (Å²) in [6.07, 6.45) is -1.51. The van der Waals surface area contributed by atoms with Crippen molar-refractivity contribution in [2.24, 2.45) is 0 Å². The first kappa shape index (κ1) is 26.2. The van der Waals surface area contributed by atoms with E-state index >= 15 is 0 Å². The highest BCUT2D eigenvalue weighted by Crippen LogP contribution is 2.34. The van der Waals surface area contributed by atoms with Crippen LogP contribution in [0.5, 0.6) is 5.75 Å². The van der Waals surface area contributed by atoms with Gasteiger partial charge in [-0.3, -0.25) is 0 Å². The zero-order chi connectivity index (χ0) is 25.6. The number of ether oxygens (including phenoxy) is 1.